The predicted octanol–water partition coefficient (Wildman–Crippen LogP) is 4.03. The standard InChI is InChI=1S/C24H31N3O3/c1-16-8-7-9-17(2)23(16)30-11-10-26-24(28)22(14-25)13-21-12-18(3)27(20(21)5)19(4)15-29-6/h7-9,12-13,19H,10-11,15H2,1-6H3,(H,26,28). The molecule has 1 aromatic heterocycles. The number of carbonyl (C=O) groups is 1. The molecule has 1 N–H and O–H groups in total. The SMILES string of the molecule is COCC(C)n1c(C)cc(C=C(C#N)C(=O)NCCOc2c(C)cccc2C)c1C. The first-order valence-corrected chi connectivity index (χ1v) is 10.1. The van der Waals surface area contributed by atoms with Crippen molar-refractivity contribution >= 4 is 12.0 Å². The van der Waals surface area contributed by atoms with Crippen LogP contribution in [-0.2, 0) is 9.53 Å². The summed E-state index contributed by atoms with van der Waals surface area (Å²) in [4.78, 5) is 12.5. The van der Waals surface area contributed by atoms with Crippen molar-refractivity contribution in [2.24, 2.45) is 0 Å². The highest BCUT2D eigenvalue weighted by atomic mass is 16.5. The highest BCUT2D eigenvalue weighted by Gasteiger charge is 2.15. The third-order valence-electron chi connectivity index (χ3n) is 5.08. The fourth-order valence-corrected chi connectivity index (χ4v) is 3.69. The number of ether oxygens (including phenoxy) is 2. The lowest BCUT2D eigenvalue weighted by Crippen LogP contribution is -2.29. The number of nitriles is 1. The number of amides is 1. The van der Waals surface area contributed by atoms with Gasteiger partial charge in [-0.15, -0.1) is 0 Å². The lowest BCUT2D eigenvalue weighted by Gasteiger charge is -2.17. The number of aromatic nitrogens is 1. The molecular formula is C24H31N3O3. The van der Waals surface area contributed by atoms with Gasteiger partial charge in [0, 0.05) is 18.5 Å². The van der Waals surface area contributed by atoms with E-state index in [-0.39, 0.29) is 11.6 Å². The predicted molar refractivity (Wildman–Crippen MR) is 119 cm³/mol. The second kappa shape index (κ2) is 10.7. The number of nitrogens with zero attached hydrogens (tertiary/aromatic N) is 2. The Kier molecular flexibility index (Phi) is 8.25. The van der Waals surface area contributed by atoms with Gasteiger partial charge < -0.3 is 19.4 Å². The summed E-state index contributed by atoms with van der Waals surface area (Å²) >= 11 is 0. The molecule has 0 radical (unpaired) electrons. The van der Waals surface area contributed by atoms with Gasteiger partial charge in [-0.25, -0.2) is 0 Å². The van der Waals surface area contributed by atoms with E-state index in [1.165, 1.54) is 0 Å². The number of carbonyl (C=O) groups excluding carboxylic acids is 1. The summed E-state index contributed by atoms with van der Waals surface area (Å²) < 4.78 is 13.2. The molecule has 2 aromatic rings. The summed E-state index contributed by atoms with van der Waals surface area (Å²) in [6.45, 7) is 11.3. The topological polar surface area (TPSA) is 76.3 Å². The zero-order valence-corrected chi connectivity index (χ0v) is 18.7. The normalized spacial score (nSPS) is 12.4. The molecule has 0 aliphatic carbocycles. The number of para-hydroxylation sites is 1. The van der Waals surface area contributed by atoms with Crippen LogP contribution in [0.5, 0.6) is 5.75 Å². The van der Waals surface area contributed by atoms with Gasteiger partial charge in [-0.05, 0) is 63.5 Å². The Bertz CT molecular complexity index is 947. The van der Waals surface area contributed by atoms with Crippen molar-refractivity contribution in [3.63, 3.8) is 0 Å². The van der Waals surface area contributed by atoms with Crippen molar-refractivity contribution in [3.05, 3.63) is 57.9 Å². The molecule has 6 heteroatoms. The second-order valence-corrected chi connectivity index (χ2v) is 7.50. The third-order valence-corrected chi connectivity index (χ3v) is 5.08. The summed E-state index contributed by atoms with van der Waals surface area (Å²) in [5.74, 6) is 0.428. The van der Waals surface area contributed by atoms with Gasteiger partial charge in [0.05, 0.1) is 19.2 Å². The Morgan fingerprint density at radius 2 is 1.93 bits per heavy atom. The van der Waals surface area contributed by atoms with E-state index < -0.39 is 5.91 Å². The molecule has 1 atom stereocenters. The maximum atomic E-state index is 12.5. The molecule has 0 bridgehead atoms. The highest BCUT2D eigenvalue weighted by molar-refractivity contribution is 6.01. The molecule has 1 unspecified atom stereocenters. The molecule has 2 rings (SSSR count). The summed E-state index contributed by atoms with van der Waals surface area (Å²) in [7, 11) is 1.67. The van der Waals surface area contributed by atoms with Gasteiger partial charge in [-0.2, -0.15) is 5.26 Å². The number of nitrogens with one attached hydrogen (secondary N) is 1. The zero-order chi connectivity index (χ0) is 22.3. The van der Waals surface area contributed by atoms with Crippen LogP contribution in [0.15, 0.2) is 29.8 Å². The average Bonchev–Trinajstić information content (AvgIpc) is 2.98. The Morgan fingerprint density at radius 3 is 2.53 bits per heavy atom. The van der Waals surface area contributed by atoms with Crippen LogP contribution in [0.25, 0.3) is 6.08 Å². The van der Waals surface area contributed by atoms with Crippen molar-refractivity contribution in [2.75, 3.05) is 26.9 Å². The van der Waals surface area contributed by atoms with Crippen molar-refractivity contribution in [1.82, 2.24) is 9.88 Å². The summed E-state index contributed by atoms with van der Waals surface area (Å²) in [6.07, 6.45) is 1.64. The number of hydrogen-bond donors (Lipinski definition) is 1. The minimum atomic E-state index is -0.405. The number of rotatable bonds is 9. The van der Waals surface area contributed by atoms with E-state index in [1.807, 2.05) is 58.0 Å². The van der Waals surface area contributed by atoms with Crippen LogP contribution in [0, 0.1) is 39.0 Å². The molecule has 30 heavy (non-hydrogen) atoms. The van der Waals surface area contributed by atoms with Gasteiger partial charge >= 0.3 is 0 Å². The minimum Gasteiger partial charge on any atom is -0.491 e. The number of aryl methyl sites for hydroxylation is 3. The fourth-order valence-electron chi connectivity index (χ4n) is 3.69. The molecule has 0 saturated heterocycles. The minimum absolute atomic E-state index is 0.0710. The molecule has 0 aliphatic rings. The number of benzene rings is 1. The van der Waals surface area contributed by atoms with E-state index >= 15 is 0 Å². The Labute approximate surface area is 179 Å². The molecule has 0 spiro atoms. The molecule has 160 valence electrons. The fraction of sp³-hybridized carbons (Fsp3) is 0.417. The molecule has 1 heterocycles. The van der Waals surface area contributed by atoms with E-state index in [1.54, 1.807) is 13.2 Å². The first-order valence-electron chi connectivity index (χ1n) is 10.1. The molecule has 0 saturated carbocycles. The largest absolute Gasteiger partial charge is 0.491 e. The van der Waals surface area contributed by atoms with E-state index in [4.69, 9.17) is 9.47 Å². The molecule has 1 aromatic carbocycles. The van der Waals surface area contributed by atoms with Gasteiger partial charge in [0.25, 0.3) is 5.91 Å². The van der Waals surface area contributed by atoms with Gasteiger partial charge in [0.1, 0.15) is 24.0 Å². The van der Waals surface area contributed by atoms with E-state index in [0.717, 1.165) is 33.8 Å². The lowest BCUT2D eigenvalue weighted by molar-refractivity contribution is -0.117. The molecular weight excluding hydrogens is 378 g/mol. The number of methoxy groups -OCH3 is 1. The van der Waals surface area contributed by atoms with Crippen molar-refractivity contribution in [3.8, 4) is 11.8 Å². The Hall–Kier alpha value is -3.04. The smallest absolute Gasteiger partial charge is 0.262 e. The maximum absolute atomic E-state index is 12.5. The van der Waals surface area contributed by atoms with Crippen LogP contribution in [0.1, 0.15) is 41.0 Å². The average molecular weight is 410 g/mol. The van der Waals surface area contributed by atoms with E-state index in [0.29, 0.717) is 19.8 Å². The van der Waals surface area contributed by atoms with E-state index in [9.17, 15) is 10.1 Å². The third kappa shape index (κ3) is 5.52. The summed E-state index contributed by atoms with van der Waals surface area (Å²) in [6, 6.07) is 10.1. The van der Waals surface area contributed by atoms with Crippen molar-refractivity contribution < 1.29 is 14.3 Å². The van der Waals surface area contributed by atoms with Crippen LogP contribution < -0.4 is 10.1 Å². The van der Waals surface area contributed by atoms with Crippen LogP contribution in [0.4, 0.5) is 0 Å². The molecule has 0 fully saturated rings. The van der Waals surface area contributed by atoms with Crippen molar-refractivity contribution in [1.29, 1.82) is 5.26 Å². The van der Waals surface area contributed by atoms with Gasteiger partial charge in [-0.1, -0.05) is 18.2 Å². The lowest BCUT2D eigenvalue weighted by atomic mass is 10.1. The highest BCUT2D eigenvalue weighted by Crippen LogP contribution is 2.23. The first-order chi connectivity index (χ1) is 14.3. The summed E-state index contributed by atoms with van der Waals surface area (Å²) in [5, 5.41) is 12.3. The van der Waals surface area contributed by atoms with Crippen LogP contribution >= 0.6 is 0 Å². The quantitative estimate of drug-likeness (QED) is 0.385. The van der Waals surface area contributed by atoms with Gasteiger partial charge in [-0.3, -0.25) is 4.79 Å². The molecule has 0 aliphatic heterocycles. The van der Waals surface area contributed by atoms with Gasteiger partial charge in [0.2, 0.25) is 0 Å². The monoisotopic (exact) mass is 409 g/mol. The van der Waals surface area contributed by atoms with Crippen LogP contribution in [0.2, 0.25) is 0 Å². The first kappa shape index (κ1) is 23.2. The Morgan fingerprint density at radius 1 is 1.27 bits per heavy atom. The molecule has 6 nitrogen and oxygen atoms in total. The van der Waals surface area contributed by atoms with E-state index in [2.05, 4.69) is 16.8 Å². The van der Waals surface area contributed by atoms with Gasteiger partial charge in [0.15, 0.2) is 0 Å². The second-order valence-electron chi connectivity index (χ2n) is 7.50. The Balaban J connectivity index is 2.04. The van der Waals surface area contributed by atoms with Crippen LogP contribution in [0.3, 0.4) is 0 Å². The molecule has 1 amide bonds. The number of hydrogen-bond acceptors (Lipinski definition) is 4. The summed E-state index contributed by atoms with van der Waals surface area (Å²) in [5.41, 5.74) is 5.09. The zero-order valence-electron chi connectivity index (χ0n) is 18.7. The van der Waals surface area contributed by atoms with Crippen LogP contribution in [-0.4, -0.2) is 37.3 Å². The maximum Gasteiger partial charge on any atom is 0.262 e. The van der Waals surface area contributed by atoms with Crippen molar-refractivity contribution in [2.45, 2.75) is 40.7 Å².